The number of rotatable bonds is 2. The van der Waals surface area contributed by atoms with Crippen LogP contribution < -0.4 is 5.32 Å². The van der Waals surface area contributed by atoms with Gasteiger partial charge in [0, 0.05) is 12.4 Å². The second-order valence-corrected chi connectivity index (χ2v) is 4.29. The number of pyridine rings is 1. The van der Waals surface area contributed by atoms with Gasteiger partial charge in [-0.2, -0.15) is 0 Å². The van der Waals surface area contributed by atoms with Crippen LogP contribution in [0, 0.1) is 17.5 Å². The van der Waals surface area contributed by atoms with E-state index >= 15 is 0 Å². The Balaban J connectivity index is 1.94. The average Bonchev–Trinajstić information content (AvgIpc) is 2.86. The number of imidazole rings is 1. The first-order valence-corrected chi connectivity index (χ1v) is 5.94. The summed E-state index contributed by atoms with van der Waals surface area (Å²) in [5.74, 6) is -3.06. The van der Waals surface area contributed by atoms with Crippen molar-refractivity contribution < 1.29 is 18.0 Å². The van der Waals surface area contributed by atoms with Crippen molar-refractivity contribution in [3.63, 3.8) is 0 Å². The maximum Gasteiger partial charge on any atom is 0.276 e. The lowest BCUT2D eigenvalue weighted by atomic mass is 10.3. The third kappa shape index (κ3) is 2.45. The smallest absolute Gasteiger partial charge is 0.276 e. The predicted molar refractivity (Wildman–Crippen MR) is 69.5 cm³/mol. The quantitative estimate of drug-likeness (QED) is 0.789. The van der Waals surface area contributed by atoms with Crippen molar-refractivity contribution in [3.05, 3.63) is 65.9 Å². The fraction of sp³-hybridized carbons (Fsp3) is 0. The first-order chi connectivity index (χ1) is 10.0. The van der Waals surface area contributed by atoms with Crippen molar-refractivity contribution in [1.29, 1.82) is 0 Å². The van der Waals surface area contributed by atoms with Crippen LogP contribution in [0.2, 0.25) is 0 Å². The summed E-state index contributed by atoms with van der Waals surface area (Å²) < 4.78 is 41.3. The fourth-order valence-corrected chi connectivity index (χ4v) is 1.87. The molecule has 106 valence electrons. The van der Waals surface area contributed by atoms with E-state index in [1.54, 1.807) is 0 Å². The number of nitrogens with zero attached hydrogens (tertiary/aromatic N) is 2. The van der Waals surface area contributed by atoms with Gasteiger partial charge in [-0.1, -0.05) is 6.07 Å². The van der Waals surface area contributed by atoms with E-state index in [2.05, 4.69) is 10.3 Å². The van der Waals surface area contributed by atoms with E-state index in [0.717, 1.165) is 18.3 Å². The van der Waals surface area contributed by atoms with Gasteiger partial charge in [0.25, 0.3) is 5.91 Å². The molecule has 4 nitrogen and oxygen atoms in total. The SMILES string of the molecule is O=C(Nc1c(F)cccc1F)c1cn2cc(F)ccc2n1. The molecular formula is C14H8F3N3O. The molecule has 0 aliphatic rings. The Morgan fingerprint density at radius 1 is 1.05 bits per heavy atom. The summed E-state index contributed by atoms with van der Waals surface area (Å²) in [6, 6.07) is 5.82. The van der Waals surface area contributed by atoms with Gasteiger partial charge in [0.05, 0.1) is 0 Å². The number of benzene rings is 1. The predicted octanol–water partition coefficient (Wildman–Crippen LogP) is 3.00. The zero-order valence-corrected chi connectivity index (χ0v) is 10.5. The third-order valence-electron chi connectivity index (χ3n) is 2.85. The van der Waals surface area contributed by atoms with Crippen LogP contribution in [0.4, 0.5) is 18.9 Å². The molecule has 0 spiro atoms. The lowest BCUT2D eigenvalue weighted by Crippen LogP contribution is -2.14. The van der Waals surface area contributed by atoms with Crippen LogP contribution in [-0.4, -0.2) is 15.3 Å². The zero-order valence-electron chi connectivity index (χ0n) is 10.5. The highest BCUT2D eigenvalue weighted by molar-refractivity contribution is 6.03. The van der Waals surface area contributed by atoms with E-state index in [-0.39, 0.29) is 5.69 Å². The van der Waals surface area contributed by atoms with Gasteiger partial charge >= 0.3 is 0 Å². The number of halogens is 3. The topological polar surface area (TPSA) is 46.4 Å². The molecule has 3 rings (SSSR count). The zero-order chi connectivity index (χ0) is 15.0. The van der Waals surface area contributed by atoms with Gasteiger partial charge in [0.15, 0.2) is 0 Å². The van der Waals surface area contributed by atoms with E-state index in [1.807, 2.05) is 0 Å². The highest BCUT2D eigenvalue weighted by Crippen LogP contribution is 2.19. The van der Waals surface area contributed by atoms with Crippen molar-refractivity contribution in [1.82, 2.24) is 9.38 Å². The maximum absolute atomic E-state index is 13.5. The van der Waals surface area contributed by atoms with Crippen molar-refractivity contribution in [2.45, 2.75) is 0 Å². The van der Waals surface area contributed by atoms with Crippen LogP contribution in [0.25, 0.3) is 5.65 Å². The Hall–Kier alpha value is -2.83. The molecule has 0 unspecified atom stereocenters. The molecule has 1 N–H and O–H groups in total. The third-order valence-corrected chi connectivity index (χ3v) is 2.85. The number of anilines is 1. The van der Waals surface area contributed by atoms with E-state index in [4.69, 9.17) is 0 Å². The fourth-order valence-electron chi connectivity index (χ4n) is 1.87. The molecule has 0 saturated heterocycles. The summed E-state index contributed by atoms with van der Waals surface area (Å²) >= 11 is 0. The van der Waals surface area contributed by atoms with Gasteiger partial charge in [-0.05, 0) is 24.3 Å². The molecule has 1 amide bonds. The molecule has 0 bridgehead atoms. The second kappa shape index (κ2) is 4.93. The number of amides is 1. The molecule has 2 aromatic heterocycles. The molecule has 3 aromatic rings. The number of hydrogen-bond donors (Lipinski definition) is 1. The standard InChI is InChI=1S/C14H8F3N3O/c15-8-4-5-12-18-11(7-20(12)6-8)14(21)19-13-9(16)2-1-3-10(13)17/h1-7H,(H,19,21). The number of carbonyl (C=O) groups is 1. The normalized spacial score (nSPS) is 10.8. The van der Waals surface area contributed by atoms with E-state index in [1.165, 1.54) is 28.8 Å². The summed E-state index contributed by atoms with van der Waals surface area (Å²) in [5, 5.41) is 2.11. The Bertz CT molecular complexity index is 824. The molecule has 1 aromatic carbocycles. The molecule has 0 aliphatic carbocycles. The first-order valence-electron chi connectivity index (χ1n) is 5.94. The lowest BCUT2D eigenvalue weighted by molar-refractivity contribution is 0.102. The minimum atomic E-state index is -0.891. The minimum absolute atomic E-state index is 0.0803. The number of para-hydroxylation sites is 1. The number of nitrogens with one attached hydrogen (secondary N) is 1. The van der Waals surface area contributed by atoms with E-state index in [0.29, 0.717) is 5.65 Å². The Morgan fingerprint density at radius 3 is 2.48 bits per heavy atom. The van der Waals surface area contributed by atoms with Crippen LogP contribution in [-0.2, 0) is 0 Å². The number of hydrogen-bond acceptors (Lipinski definition) is 2. The number of carbonyl (C=O) groups excluding carboxylic acids is 1. The van der Waals surface area contributed by atoms with Crippen molar-refractivity contribution in [2.24, 2.45) is 0 Å². The largest absolute Gasteiger partial charge is 0.316 e. The summed E-state index contributed by atoms with van der Waals surface area (Å²) in [7, 11) is 0. The lowest BCUT2D eigenvalue weighted by Gasteiger charge is -2.05. The van der Waals surface area contributed by atoms with Crippen LogP contribution in [0.15, 0.2) is 42.7 Å². The Morgan fingerprint density at radius 2 is 1.76 bits per heavy atom. The summed E-state index contributed by atoms with van der Waals surface area (Å²) in [6.45, 7) is 0. The summed E-state index contributed by atoms with van der Waals surface area (Å²) in [4.78, 5) is 15.9. The summed E-state index contributed by atoms with van der Waals surface area (Å²) in [5.41, 5.74) is -0.287. The number of fused-ring (bicyclic) bond motifs is 1. The molecule has 0 aliphatic heterocycles. The average molecular weight is 291 g/mol. The molecule has 2 heterocycles. The molecule has 21 heavy (non-hydrogen) atoms. The second-order valence-electron chi connectivity index (χ2n) is 4.29. The highest BCUT2D eigenvalue weighted by atomic mass is 19.1. The number of aromatic nitrogens is 2. The van der Waals surface area contributed by atoms with Gasteiger partial charge in [-0.15, -0.1) is 0 Å². The first kappa shape index (κ1) is 13.2. The minimum Gasteiger partial charge on any atom is -0.316 e. The van der Waals surface area contributed by atoms with Gasteiger partial charge in [-0.25, -0.2) is 18.2 Å². The Kier molecular flexibility index (Phi) is 3.09. The van der Waals surface area contributed by atoms with Crippen LogP contribution in [0.3, 0.4) is 0 Å². The van der Waals surface area contributed by atoms with Crippen LogP contribution >= 0.6 is 0 Å². The Labute approximate surface area is 116 Å². The monoisotopic (exact) mass is 291 g/mol. The van der Waals surface area contributed by atoms with Gasteiger partial charge in [-0.3, -0.25) is 4.79 Å². The molecule has 0 radical (unpaired) electrons. The van der Waals surface area contributed by atoms with E-state index < -0.39 is 29.0 Å². The van der Waals surface area contributed by atoms with Gasteiger partial charge < -0.3 is 9.72 Å². The highest BCUT2D eigenvalue weighted by Gasteiger charge is 2.16. The summed E-state index contributed by atoms with van der Waals surface area (Å²) in [6.07, 6.45) is 2.41. The van der Waals surface area contributed by atoms with Gasteiger partial charge in [0.2, 0.25) is 0 Å². The molecule has 0 saturated carbocycles. The molecular weight excluding hydrogens is 283 g/mol. The van der Waals surface area contributed by atoms with Crippen LogP contribution in [0.5, 0.6) is 0 Å². The van der Waals surface area contributed by atoms with E-state index in [9.17, 15) is 18.0 Å². The molecule has 0 atom stereocenters. The molecule has 7 heteroatoms. The molecule has 0 fully saturated rings. The van der Waals surface area contributed by atoms with Crippen LogP contribution in [0.1, 0.15) is 10.5 Å². The van der Waals surface area contributed by atoms with Gasteiger partial charge in [0.1, 0.15) is 34.5 Å². The van der Waals surface area contributed by atoms with Crippen molar-refractivity contribution >= 4 is 17.2 Å². The maximum atomic E-state index is 13.5. The van der Waals surface area contributed by atoms with Crippen molar-refractivity contribution in [2.75, 3.05) is 5.32 Å². The van der Waals surface area contributed by atoms with Crippen molar-refractivity contribution in [3.8, 4) is 0 Å².